The highest BCUT2D eigenvalue weighted by molar-refractivity contribution is 5.91. The van der Waals surface area contributed by atoms with Crippen molar-refractivity contribution in [2.45, 2.75) is 155 Å². The van der Waals surface area contributed by atoms with Crippen molar-refractivity contribution in [3.63, 3.8) is 0 Å². The molecule has 2 aromatic rings. The first kappa shape index (κ1) is 52.3. The second-order valence-electron chi connectivity index (χ2n) is 19.0. The van der Waals surface area contributed by atoms with Crippen molar-refractivity contribution >= 4 is 29.7 Å². The number of ether oxygens (including phenoxy) is 6. The van der Waals surface area contributed by atoms with Crippen LogP contribution >= 0.6 is 0 Å². The summed E-state index contributed by atoms with van der Waals surface area (Å²) < 4.78 is 39.2. The van der Waals surface area contributed by atoms with E-state index in [1.54, 1.807) is 46.4 Å². The van der Waals surface area contributed by atoms with Crippen molar-refractivity contribution < 1.29 is 57.5 Å². The molecule has 66 heavy (non-hydrogen) atoms. The highest BCUT2D eigenvalue weighted by Crippen LogP contribution is 2.45. The van der Waals surface area contributed by atoms with E-state index in [0.717, 1.165) is 11.3 Å². The number of methoxy groups -OCH3 is 1. The molecule has 368 valence electrons. The molecule has 5 rings (SSSR count). The summed E-state index contributed by atoms with van der Waals surface area (Å²) in [6.45, 7) is 17.8. The number of carbonyl (C=O) groups is 4. The number of imidazole rings is 1. The first-order valence-electron chi connectivity index (χ1n) is 23.0. The van der Waals surface area contributed by atoms with Crippen molar-refractivity contribution in [1.29, 1.82) is 0 Å². The first-order chi connectivity index (χ1) is 31.1. The Morgan fingerprint density at radius 3 is 2.44 bits per heavy atom. The van der Waals surface area contributed by atoms with Crippen LogP contribution in [0.4, 0.5) is 4.79 Å². The van der Waals surface area contributed by atoms with Gasteiger partial charge in [0.2, 0.25) is 0 Å². The van der Waals surface area contributed by atoms with Crippen LogP contribution < -0.4 is 5.43 Å². The highest BCUT2D eigenvalue weighted by atomic mass is 16.7. The predicted molar refractivity (Wildman–Crippen MR) is 242 cm³/mol. The maximum atomic E-state index is 14.5. The standard InChI is InChI=1S/C47H73N7O12/c1-15-36-47(10)40(54(45(59)66-47)50-20-18-27(3)53-24-34(49-25-53)33-17-16-19-48-23-33)29(5)37(51-61-14)26(2)22-46(9,44(58)60-13)41(30(6)38(56)31(7)42(57)64-36)65-43-39(63-32(8)55)35(52(11)12)21-28(4)62-43/h16-17,19,23-31,35-36,38-41,43,50,56H,15,18,20-22H2,1-14H3/b51-37+/t26-,27-,28+,29+,30+,31-,35-,36-,38+,39+,40-,41+,43-,46+,47-/m1/s1. The zero-order valence-electron chi connectivity index (χ0n) is 41.1. The van der Waals surface area contributed by atoms with E-state index in [2.05, 4.69) is 20.5 Å². The molecule has 19 heteroatoms. The fourth-order valence-electron chi connectivity index (χ4n) is 10.4. The quantitative estimate of drug-likeness (QED) is 0.151. The molecular weight excluding hydrogens is 855 g/mol. The minimum absolute atomic E-state index is 0.0245. The number of hydrogen-bond acceptors (Lipinski definition) is 17. The third-order valence-electron chi connectivity index (χ3n) is 13.9. The monoisotopic (exact) mass is 928 g/mol. The number of aliphatic hydroxyl groups excluding tert-OH is 1. The number of aliphatic hydroxyl groups is 1. The van der Waals surface area contributed by atoms with Gasteiger partial charge in [-0.25, -0.2) is 20.2 Å². The fourth-order valence-corrected chi connectivity index (χ4v) is 10.4. The van der Waals surface area contributed by atoms with E-state index in [0.29, 0.717) is 25.1 Å². The number of fused-ring (bicyclic) bond motifs is 1. The molecule has 0 aliphatic carbocycles. The molecule has 3 aliphatic heterocycles. The van der Waals surface area contributed by atoms with Crippen molar-refractivity contribution in [1.82, 2.24) is 29.9 Å². The van der Waals surface area contributed by atoms with E-state index >= 15 is 0 Å². The summed E-state index contributed by atoms with van der Waals surface area (Å²) in [6, 6.07) is 2.60. The van der Waals surface area contributed by atoms with E-state index in [1.807, 2.05) is 76.5 Å². The minimum Gasteiger partial charge on any atom is -0.469 e. The lowest BCUT2D eigenvalue weighted by Crippen LogP contribution is -2.61. The number of amides is 1. The molecule has 0 unspecified atom stereocenters. The molecule has 2 aromatic heterocycles. The van der Waals surface area contributed by atoms with Crippen LogP contribution in [-0.4, -0.2) is 149 Å². The molecule has 5 heterocycles. The largest absolute Gasteiger partial charge is 0.469 e. The first-order valence-corrected chi connectivity index (χ1v) is 23.0. The smallest absolute Gasteiger partial charge is 0.425 e. The Kier molecular flexibility index (Phi) is 17.4. The maximum Gasteiger partial charge on any atom is 0.425 e. The molecular formula is C47H73N7O12. The Bertz CT molecular complexity index is 2000. The summed E-state index contributed by atoms with van der Waals surface area (Å²) in [5.41, 5.74) is 2.46. The van der Waals surface area contributed by atoms with Crippen molar-refractivity contribution in [2.75, 3.05) is 34.9 Å². The number of likely N-dealkylation sites (N-methyl/N-ethyl adjacent to an activating group) is 1. The lowest BCUT2D eigenvalue weighted by molar-refractivity contribution is -0.294. The molecule has 1 amide bonds. The van der Waals surface area contributed by atoms with Gasteiger partial charge in [0.15, 0.2) is 18.0 Å². The average Bonchev–Trinajstić information content (AvgIpc) is 3.88. The minimum atomic E-state index is -1.58. The molecule has 3 saturated heterocycles. The van der Waals surface area contributed by atoms with Crippen LogP contribution in [0.25, 0.3) is 11.3 Å². The van der Waals surface area contributed by atoms with E-state index in [9.17, 15) is 24.3 Å². The molecule has 0 radical (unpaired) electrons. The summed E-state index contributed by atoms with van der Waals surface area (Å²) in [6.07, 6.45) is 1.78. The van der Waals surface area contributed by atoms with Gasteiger partial charge >= 0.3 is 24.0 Å². The average molecular weight is 928 g/mol. The number of nitrogens with one attached hydrogen (secondary N) is 1. The van der Waals surface area contributed by atoms with Gasteiger partial charge < -0.3 is 47.8 Å². The van der Waals surface area contributed by atoms with Gasteiger partial charge in [0, 0.05) is 55.5 Å². The van der Waals surface area contributed by atoms with Gasteiger partial charge in [-0.05, 0) is 92.4 Å². The van der Waals surface area contributed by atoms with E-state index in [-0.39, 0.29) is 31.0 Å². The molecule has 19 nitrogen and oxygen atoms in total. The second-order valence-corrected chi connectivity index (χ2v) is 19.0. The Hall–Kier alpha value is -4.69. The molecule has 0 spiro atoms. The summed E-state index contributed by atoms with van der Waals surface area (Å²) in [5.74, 6) is -5.31. The number of nitrogens with zero attached hydrogens (tertiary/aromatic N) is 6. The Morgan fingerprint density at radius 2 is 1.83 bits per heavy atom. The van der Waals surface area contributed by atoms with Gasteiger partial charge in [-0.1, -0.05) is 32.9 Å². The third kappa shape index (κ3) is 11.0. The summed E-state index contributed by atoms with van der Waals surface area (Å²) >= 11 is 0. The SMILES string of the molecule is CC[C@H]1OC(=O)[C@H](C)[C@@H](O)[C@H](C)[C@H](O[C@H]2O[C@@H](C)C[C@@H](N(C)C)[C@@H]2OC(C)=O)[C@@](C)(C(=O)OC)C[C@@H](C)/C(=N\OC)[C@H](C)[C@H]2N(NCC[C@@H](C)n3cnc(-c4cccnc4)c3)C(=O)O[C@]12C. The topological polar surface area (TPSA) is 215 Å². The summed E-state index contributed by atoms with van der Waals surface area (Å²) in [7, 11) is 6.42. The van der Waals surface area contributed by atoms with Crippen molar-refractivity contribution in [2.24, 2.45) is 34.2 Å². The van der Waals surface area contributed by atoms with Gasteiger partial charge in [-0.3, -0.25) is 19.4 Å². The normalized spacial score (nSPS) is 35.6. The number of hydrogen-bond donors (Lipinski definition) is 2. The van der Waals surface area contributed by atoms with Crippen LogP contribution in [0, 0.1) is 29.1 Å². The zero-order valence-corrected chi connectivity index (χ0v) is 41.1. The molecule has 3 aliphatic rings. The van der Waals surface area contributed by atoms with E-state index < -0.39 is 95.4 Å². The summed E-state index contributed by atoms with van der Waals surface area (Å²) in [5, 5.41) is 18.2. The number of aromatic nitrogens is 3. The second kappa shape index (κ2) is 22.0. The summed E-state index contributed by atoms with van der Waals surface area (Å²) in [4.78, 5) is 71.8. The van der Waals surface area contributed by atoms with E-state index in [4.69, 9.17) is 33.3 Å². The number of hydrazine groups is 1. The fraction of sp³-hybridized carbons (Fsp3) is 0.723. The lowest BCUT2D eigenvalue weighted by Gasteiger charge is -2.48. The van der Waals surface area contributed by atoms with Crippen LogP contribution in [0.15, 0.2) is 42.2 Å². The van der Waals surface area contributed by atoms with Crippen LogP contribution in [0.2, 0.25) is 0 Å². The number of rotatable bonds is 13. The van der Waals surface area contributed by atoms with E-state index in [1.165, 1.54) is 26.2 Å². The predicted octanol–water partition coefficient (Wildman–Crippen LogP) is 5.17. The molecule has 0 aromatic carbocycles. The van der Waals surface area contributed by atoms with Crippen LogP contribution in [0.5, 0.6) is 0 Å². The number of pyridine rings is 1. The molecule has 3 fully saturated rings. The van der Waals surface area contributed by atoms with Crippen LogP contribution in [-0.2, 0) is 47.6 Å². The maximum absolute atomic E-state index is 14.5. The highest BCUT2D eigenvalue weighted by Gasteiger charge is 2.61. The Balaban J connectivity index is 1.56. The molecule has 15 atom stereocenters. The molecule has 0 bridgehead atoms. The number of oxime groups is 1. The van der Waals surface area contributed by atoms with Gasteiger partial charge in [0.05, 0.1) is 60.5 Å². The van der Waals surface area contributed by atoms with Gasteiger partial charge in [0.1, 0.15) is 19.3 Å². The molecule has 0 saturated carbocycles. The zero-order chi connectivity index (χ0) is 48.8. The van der Waals surface area contributed by atoms with Crippen LogP contribution in [0.1, 0.15) is 101 Å². The number of cyclic esters (lactones) is 1. The van der Waals surface area contributed by atoms with Gasteiger partial charge in [-0.2, -0.15) is 0 Å². The Morgan fingerprint density at radius 1 is 1.12 bits per heavy atom. The third-order valence-corrected chi connectivity index (χ3v) is 13.9. The number of esters is 3. The van der Waals surface area contributed by atoms with Crippen molar-refractivity contribution in [3.05, 3.63) is 37.1 Å². The molecule has 2 N–H and O–H groups in total. The van der Waals surface area contributed by atoms with Gasteiger partial charge in [0.25, 0.3) is 0 Å². The van der Waals surface area contributed by atoms with Crippen molar-refractivity contribution in [3.8, 4) is 11.3 Å². The number of carbonyl (C=O) groups excluding carboxylic acids is 4. The Labute approximate surface area is 389 Å². The van der Waals surface area contributed by atoms with Crippen LogP contribution in [0.3, 0.4) is 0 Å². The lowest BCUT2D eigenvalue weighted by atomic mass is 9.67. The van der Waals surface area contributed by atoms with Gasteiger partial charge in [-0.15, -0.1) is 0 Å².